The fraction of sp³-hybridized carbons (Fsp3) is 0.333. The lowest BCUT2D eigenvalue weighted by Crippen LogP contribution is -2.59. The number of aliphatic hydroxyl groups excluding tert-OH is 2. The molecule has 0 saturated carbocycles. The number of nitrogens with one attached hydrogen (secondary N) is 1. The van der Waals surface area contributed by atoms with Crippen LogP contribution in [0.4, 0.5) is 0 Å². The van der Waals surface area contributed by atoms with Crippen LogP contribution < -0.4 is 4.83 Å². The Morgan fingerprint density at radius 2 is 1.65 bits per heavy atom. The number of rotatable bonds is 7. The summed E-state index contributed by atoms with van der Waals surface area (Å²) in [6.45, 7) is -2.76. The van der Waals surface area contributed by atoms with E-state index in [-0.39, 0.29) is 4.90 Å². The second kappa shape index (κ2) is 5.90. The number of sulfonamides is 1. The van der Waals surface area contributed by atoms with E-state index in [2.05, 4.69) is 0 Å². The summed E-state index contributed by atoms with van der Waals surface area (Å²) in [5.41, 5.74) is -2.90. The first-order valence-electron chi connectivity index (χ1n) is 5.21. The third-order valence-electron chi connectivity index (χ3n) is 2.48. The van der Waals surface area contributed by atoms with E-state index in [9.17, 15) is 23.4 Å². The summed E-state index contributed by atoms with van der Waals surface area (Å²) in [7, 11) is -4.36. The summed E-state index contributed by atoms with van der Waals surface area (Å²) in [5.74, 6) is 0. The van der Waals surface area contributed by atoms with Gasteiger partial charge in [-0.1, -0.05) is 18.2 Å². The van der Waals surface area contributed by atoms with E-state index in [4.69, 9.17) is 10.2 Å². The fourth-order valence-electron chi connectivity index (χ4n) is 1.21. The Balaban J connectivity index is 3.09. The first kappa shape index (κ1) is 15.9. The molecule has 0 aliphatic rings. The Kier molecular flexibility index (Phi) is 4.70. The molecule has 0 saturated heterocycles. The molecule has 0 spiro atoms. The van der Waals surface area contributed by atoms with Crippen molar-refractivity contribution in [3.63, 3.8) is 0 Å². The van der Waals surface area contributed by atoms with Crippen LogP contribution in [0.1, 0.15) is 0 Å². The van der Waals surface area contributed by atoms with Crippen molar-refractivity contribution in [2.24, 2.45) is 0 Å². The molecule has 1 rings (SSSR count). The molecule has 1 aromatic rings. The van der Waals surface area contributed by atoms with Crippen LogP contribution in [0.5, 0.6) is 0 Å². The molecule has 1 aromatic carbocycles. The second-order valence-corrected chi connectivity index (χ2v) is 5.42. The molecule has 10 nitrogen and oxygen atoms in total. The number of nitroso groups, excluding NO2 is 1. The van der Waals surface area contributed by atoms with Gasteiger partial charge in [-0.25, -0.2) is 0 Å². The van der Waals surface area contributed by atoms with E-state index in [1.54, 1.807) is 0 Å². The van der Waals surface area contributed by atoms with Crippen LogP contribution in [0.2, 0.25) is 0 Å². The molecule has 0 aromatic heterocycles. The number of aliphatic hydroxyl groups is 2. The zero-order valence-corrected chi connectivity index (χ0v) is 10.9. The van der Waals surface area contributed by atoms with Gasteiger partial charge in [0.1, 0.15) is 4.92 Å². The smallest absolute Gasteiger partial charge is 0.382 e. The number of nitrogens with zero attached hydrogens (tertiary/aromatic N) is 2. The van der Waals surface area contributed by atoms with Crippen LogP contribution in [0.3, 0.4) is 0 Å². The summed E-state index contributed by atoms with van der Waals surface area (Å²) in [4.78, 5) is 21.5. The third-order valence-corrected chi connectivity index (χ3v) is 3.78. The van der Waals surface area contributed by atoms with E-state index in [0.717, 1.165) is 0 Å². The molecular formula is C9H12N3O7S+. The molecule has 11 heteroatoms. The van der Waals surface area contributed by atoms with E-state index >= 15 is 0 Å². The van der Waals surface area contributed by atoms with E-state index in [1.165, 1.54) is 35.2 Å². The zero-order valence-electron chi connectivity index (χ0n) is 10.0. The molecule has 110 valence electrons. The Hall–Kier alpha value is -2.11. The maximum atomic E-state index is 11.8. The highest BCUT2D eigenvalue weighted by Gasteiger charge is 2.60. The monoisotopic (exact) mass is 306 g/mol. The lowest BCUT2D eigenvalue weighted by molar-refractivity contribution is -0.842. The van der Waals surface area contributed by atoms with Gasteiger partial charge in [-0.15, -0.1) is 0 Å². The van der Waals surface area contributed by atoms with Crippen molar-refractivity contribution in [1.29, 1.82) is 0 Å². The molecule has 0 aliphatic carbocycles. The maximum Gasteiger partial charge on any atom is 0.522 e. The first-order chi connectivity index (χ1) is 9.30. The van der Waals surface area contributed by atoms with Crippen LogP contribution in [-0.4, -0.2) is 47.3 Å². The average Bonchev–Trinajstić information content (AvgIpc) is 2.41. The molecule has 0 unspecified atom stereocenters. The van der Waals surface area contributed by atoms with Crippen molar-refractivity contribution in [3.05, 3.63) is 45.4 Å². The predicted octanol–water partition coefficient (Wildman–Crippen LogP) is -1.38. The molecule has 0 heterocycles. The molecule has 0 fully saturated rings. The number of hydrazine groups is 1. The van der Waals surface area contributed by atoms with Gasteiger partial charge in [0.05, 0.1) is 9.80 Å². The van der Waals surface area contributed by atoms with Gasteiger partial charge in [-0.05, 0) is 17.0 Å². The summed E-state index contributed by atoms with van der Waals surface area (Å²) >= 11 is 0. The summed E-state index contributed by atoms with van der Waals surface area (Å²) < 4.78 is 23.6. The lowest BCUT2D eigenvalue weighted by Gasteiger charge is -2.11. The summed E-state index contributed by atoms with van der Waals surface area (Å²) in [6, 6.07) is 6.66. The minimum absolute atomic E-state index is 0.297. The van der Waals surface area contributed by atoms with Crippen LogP contribution in [0.15, 0.2) is 35.2 Å². The molecule has 20 heavy (non-hydrogen) atoms. The van der Waals surface area contributed by atoms with Gasteiger partial charge in [-0.2, -0.15) is 8.42 Å². The van der Waals surface area contributed by atoms with Gasteiger partial charge in [-0.3, -0.25) is 10.1 Å². The maximum absolute atomic E-state index is 11.8. The van der Waals surface area contributed by atoms with Gasteiger partial charge in [0.15, 0.2) is 13.2 Å². The van der Waals surface area contributed by atoms with Gasteiger partial charge >= 0.3 is 15.7 Å². The molecular weight excluding hydrogens is 294 g/mol. The van der Waals surface area contributed by atoms with Crippen molar-refractivity contribution >= 4 is 10.0 Å². The van der Waals surface area contributed by atoms with Gasteiger partial charge in [0.2, 0.25) is 4.87 Å². The second-order valence-electron chi connectivity index (χ2n) is 3.76. The van der Waals surface area contributed by atoms with Gasteiger partial charge in [0, 0.05) is 0 Å². The SMILES string of the molecule is O=[N+]([O-])C(CO)(CO)[N+](=O)NS(=O)(=O)c1ccccc1. The molecule has 0 aliphatic heterocycles. The molecule has 0 bridgehead atoms. The minimum atomic E-state index is -4.36. The quantitative estimate of drug-likeness (QED) is 0.243. The molecule has 3 N–H and O–H groups in total. The Bertz CT molecular complexity index is 597. The fourth-order valence-corrected chi connectivity index (χ4v) is 2.22. The minimum Gasteiger partial charge on any atom is -0.382 e. The summed E-state index contributed by atoms with van der Waals surface area (Å²) in [6.07, 6.45) is 0. The topological polar surface area (TPSA) is 150 Å². The Labute approximate surface area is 113 Å². The van der Waals surface area contributed by atoms with Crippen molar-refractivity contribution in [2.75, 3.05) is 13.2 Å². The highest BCUT2D eigenvalue weighted by molar-refractivity contribution is 7.89. The largest absolute Gasteiger partial charge is 0.522 e. The predicted molar refractivity (Wildman–Crippen MR) is 64.3 cm³/mol. The number of nitro groups is 1. The first-order valence-corrected chi connectivity index (χ1v) is 6.69. The summed E-state index contributed by atoms with van der Waals surface area (Å²) in [5, 5.41) is 28.6. The van der Waals surface area contributed by atoms with E-state index in [0.29, 0.717) is 0 Å². The zero-order chi connectivity index (χ0) is 15.4. The van der Waals surface area contributed by atoms with Crippen molar-refractivity contribution in [1.82, 2.24) is 4.83 Å². The average molecular weight is 306 g/mol. The van der Waals surface area contributed by atoms with Crippen molar-refractivity contribution < 1.29 is 28.4 Å². The number of benzene rings is 1. The number of hydrogen-bond acceptors (Lipinski definition) is 7. The van der Waals surface area contributed by atoms with E-state index in [1.807, 2.05) is 0 Å². The van der Waals surface area contributed by atoms with E-state index < -0.39 is 38.7 Å². The highest BCUT2D eigenvalue weighted by atomic mass is 32.2. The van der Waals surface area contributed by atoms with Crippen LogP contribution in [0.25, 0.3) is 0 Å². The molecule has 0 amide bonds. The molecule has 0 radical (unpaired) electrons. The normalized spacial score (nSPS) is 11.9. The Morgan fingerprint density at radius 1 is 1.15 bits per heavy atom. The third kappa shape index (κ3) is 2.89. The highest BCUT2D eigenvalue weighted by Crippen LogP contribution is 2.12. The van der Waals surface area contributed by atoms with Crippen LogP contribution in [0, 0.1) is 15.0 Å². The lowest BCUT2D eigenvalue weighted by atomic mass is 10.2. The number of hydrogen-bond donors (Lipinski definition) is 3. The van der Waals surface area contributed by atoms with Crippen LogP contribution in [-0.2, 0) is 10.0 Å². The van der Waals surface area contributed by atoms with Gasteiger partial charge in [0.25, 0.3) is 0 Å². The van der Waals surface area contributed by atoms with Gasteiger partial charge < -0.3 is 10.2 Å². The Morgan fingerprint density at radius 3 is 2.05 bits per heavy atom. The van der Waals surface area contributed by atoms with Crippen molar-refractivity contribution in [2.45, 2.75) is 10.6 Å². The molecule has 0 atom stereocenters. The van der Waals surface area contributed by atoms with Crippen molar-refractivity contribution in [3.8, 4) is 0 Å². The van der Waals surface area contributed by atoms with Crippen LogP contribution >= 0.6 is 0 Å². The standard InChI is InChI=1S/C9H12N3O7S/c13-6-9(7-14,12(16)17)11(15)10-20(18,19)8-4-2-1-3-5-8/h1-5,13-14H,6-7H2,(H,10,15)/q+1.